The van der Waals surface area contributed by atoms with E-state index in [-0.39, 0.29) is 12.1 Å². The summed E-state index contributed by atoms with van der Waals surface area (Å²) in [6.45, 7) is 16.4. The molecule has 0 saturated carbocycles. The fraction of sp³-hybridized carbons (Fsp3) is 0.784. The topological polar surface area (TPSA) is 186 Å². The van der Waals surface area contributed by atoms with Gasteiger partial charge in [0.2, 0.25) is 6.17 Å². The lowest BCUT2D eigenvalue weighted by Crippen LogP contribution is -2.66. The number of hydrogen-bond donors (Lipinski definition) is 5. The lowest BCUT2D eigenvalue weighted by atomic mass is 10.1. The highest BCUT2D eigenvalue weighted by Gasteiger charge is 2.45. The lowest BCUT2D eigenvalue weighted by Gasteiger charge is -2.38. The molecule has 3 amide bonds. The number of ether oxygens (including phenoxy) is 3. The number of esters is 2. The first-order valence-corrected chi connectivity index (χ1v) is 18.3. The molecule has 14 nitrogen and oxygen atoms in total. The smallest absolute Gasteiger partial charge is 0.420 e. The van der Waals surface area contributed by atoms with Crippen molar-refractivity contribution >= 4 is 35.6 Å². The van der Waals surface area contributed by atoms with Crippen LogP contribution in [0, 0.1) is 23.2 Å². The van der Waals surface area contributed by atoms with Gasteiger partial charge in [-0.3, -0.25) is 15.6 Å². The van der Waals surface area contributed by atoms with E-state index in [1.165, 1.54) is 0 Å². The van der Waals surface area contributed by atoms with Gasteiger partial charge < -0.3 is 30.3 Å². The first-order chi connectivity index (χ1) is 23.7. The molecule has 0 aromatic rings. The van der Waals surface area contributed by atoms with E-state index in [1.807, 2.05) is 0 Å². The molecule has 51 heavy (non-hydrogen) atoms. The minimum absolute atomic E-state index is 0.124. The standard InChI is InChI=1S/C37H65N7O7/c1-11-26-43-29(31(45)49-35(2,3)4)41-25-21-16-13-12-15-19-23-40-24-20-17-14-18-22-27(38)28(39)42-30(32(46)50-36(5,6)7)44(33(43)47)34(48)51-37(8,9)10/h1,29-30,38,40-41H,12-26H2,2-10H3,(H2,39,42). The van der Waals surface area contributed by atoms with Crippen LogP contribution in [0.5, 0.6) is 0 Å². The number of carbonyl (C=O) groups excluding carboxylic acids is 4. The summed E-state index contributed by atoms with van der Waals surface area (Å²) in [5.41, 5.74) is -3.24. The van der Waals surface area contributed by atoms with E-state index >= 15 is 0 Å². The summed E-state index contributed by atoms with van der Waals surface area (Å²) in [5, 5.41) is 26.5. The maximum absolute atomic E-state index is 14.7. The third-order valence-electron chi connectivity index (χ3n) is 7.36. The molecule has 1 rings (SSSR count). The van der Waals surface area contributed by atoms with E-state index in [1.54, 1.807) is 62.3 Å². The average Bonchev–Trinajstić information content (AvgIpc) is 2.98. The summed E-state index contributed by atoms with van der Waals surface area (Å²) >= 11 is 0. The molecule has 0 aromatic carbocycles. The highest BCUT2D eigenvalue weighted by atomic mass is 16.6. The fourth-order valence-electron chi connectivity index (χ4n) is 5.08. The van der Waals surface area contributed by atoms with Gasteiger partial charge >= 0.3 is 24.1 Å². The summed E-state index contributed by atoms with van der Waals surface area (Å²) < 4.78 is 16.9. The normalized spacial score (nSPS) is 21.1. The molecule has 1 aliphatic heterocycles. The highest BCUT2D eigenvalue weighted by molar-refractivity contribution is 6.39. The average molecular weight is 720 g/mol. The van der Waals surface area contributed by atoms with Crippen LogP contribution in [-0.2, 0) is 23.8 Å². The summed E-state index contributed by atoms with van der Waals surface area (Å²) in [7, 11) is 0. The molecule has 1 heterocycles. The van der Waals surface area contributed by atoms with Crippen LogP contribution in [0.25, 0.3) is 0 Å². The van der Waals surface area contributed by atoms with Crippen molar-refractivity contribution in [1.29, 1.82) is 10.8 Å². The van der Waals surface area contributed by atoms with Gasteiger partial charge in [-0.2, -0.15) is 4.90 Å². The van der Waals surface area contributed by atoms with Crippen molar-refractivity contribution in [1.82, 2.24) is 25.8 Å². The van der Waals surface area contributed by atoms with Crippen molar-refractivity contribution < 1.29 is 33.4 Å². The Labute approximate surface area is 305 Å². The molecule has 0 aliphatic carbocycles. The summed E-state index contributed by atoms with van der Waals surface area (Å²) in [5.74, 6) is -0.00115. The summed E-state index contributed by atoms with van der Waals surface area (Å²) in [6.07, 6.45) is 10.6. The number of urea groups is 1. The van der Waals surface area contributed by atoms with Crippen LogP contribution >= 0.6 is 0 Å². The second-order valence-electron chi connectivity index (χ2n) is 15.8. The zero-order chi connectivity index (χ0) is 38.8. The van der Waals surface area contributed by atoms with Crippen LogP contribution in [0.3, 0.4) is 0 Å². The van der Waals surface area contributed by atoms with Crippen molar-refractivity contribution in [3.8, 4) is 12.3 Å². The maximum atomic E-state index is 14.7. The predicted octanol–water partition coefficient (Wildman–Crippen LogP) is 5.68. The highest BCUT2D eigenvalue weighted by Crippen LogP contribution is 2.20. The number of carbonyl (C=O) groups is 4. The first-order valence-electron chi connectivity index (χ1n) is 18.3. The number of terminal acetylenes is 1. The van der Waals surface area contributed by atoms with Crippen LogP contribution in [0.15, 0.2) is 0 Å². The number of nitrogens with one attached hydrogen (secondary N) is 5. The summed E-state index contributed by atoms with van der Waals surface area (Å²) in [6, 6.07) is -1.17. The van der Waals surface area contributed by atoms with Crippen LogP contribution in [0.1, 0.15) is 133 Å². The van der Waals surface area contributed by atoms with E-state index in [0.29, 0.717) is 24.3 Å². The van der Waals surface area contributed by atoms with Gasteiger partial charge in [0, 0.05) is 0 Å². The van der Waals surface area contributed by atoms with Crippen molar-refractivity contribution in [2.75, 3.05) is 26.2 Å². The summed E-state index contributed by atoms with van der Waals surface area (Å²) in [4.78, 5) is 57.5. The van der Waals surface area contributed by atoms with Gasteiger partial charge in [-0.1, -0.05) is 44.4 Å². The lowest BCUT2D eigenvalue weighted by molar-refractivity contribution is -0.162. The Hall–Kier alpha value is -3.70. The van der Waals surface area contributed by atoms with E-state index in [9.17, 15) is 19.2 Å². The first kappa shape index (κ1) is 45.3. The van der Waals surface area contributed by atoms with Gasteiger partial charge in [0.15, 0.2) is 6.17 Å². The SMILES string of the molecule is C#CCN1C(=O)N(C(=O)OC(C)(C)C)C(C(=O)OC(C)(C)C)NC(=N)C(=N)CCCCCCNCCCCCCCCNC1C(=O)OC(C)(C)C. The van der Waals surface area contributed by atoms with Gasteiger partial charge in [-0.05, 0) is 114 Å². The van der Waals surface area contributed by atoms with Crippen molar-refractivity contribution in [2.24, 2.45) is 0 Å². The quantitative estimate of drug-likeness (QED) is 0.138. The van der Waals surface area contributed by atoms with Crippen molar-refractivity contribution in [3.05, 3.63) is 0 Å². The largest absolute Gasteiger partial charge is 0.457 e. The zero-order valence-corrected chi connectivity index (χ0v) is 32.6. The Bertz CT molecular complexity index is 1210. The number of rotatable bonds is 3. The van der Waals surface area contributed by atoms with Crippen LogP contribution in [0.4, 0.5) is 9.59 Å². The molecule has 0 bridgehead atoms. The Balaban J connectivity index is 3.75. The third-order valence-corrected chi connectivity index (χ3v) is 7.36. The Kier molecular flexibility index (Phi) is 19.2. The molecule has 0 spiro atoms. The molecule has 0 aromatic heterocycles. The third kappa shape index (κ3) is 18.9. The van der Waals surface area contributed by atoms with Crippen molar-refractivity contribution in [3.63, 3.8) is 0 Å². The van der Waals surface area contributed by atoms with E-state index < -0.39 is 65.6 Å². The molecule has 1 saturated heterocycles. The van der Waals surface area contributed by atoms with Gasteiger partial charge in [-0.15, -0.1) is 6.42 Å². The number of hydrogen-bond acceptors (Lipinski definition) is 11. The Morgan fingerprint density at radius 3 is 1.67 bits per heavy atom. The minimum Gasteiger partial charge on any atom is -0.457 e. The second kappa shape index (κ2) is 21.6. The maximum Gasteiger partial charge on any atom is 0.420 e. The van der Waals surface area contributed by atoms with Gasteiger partial charge in [0.1, 0.15) is 22.6 Å². The van der Waals surface area contributed by atoms with Gasteiger partial charge in [0.25, 0.3) is 0 Å². The minimum atomic E-state index is -1.96. The number of amidine groups is 1. The monoisotopic (exact) mass is 719 g/mol. The van der Waals surface area contributed by atoms with E-state index in [2.05, 4.69) is 21.9 Å². The van der Waals surface area contributed by atoms with Crippen LogP contribution < -0.4 is 16.0 Å². The predicted molar refractivity (Wildman–Crippen MR) is 199 cm³/mol. The molecule has 1 aliphatic rings. The van der Waals surface area contributed by atoms with E-state index in [0.717, 1.165) is 69.4 Å². The molecule has 2 unspecified atom stereocenters. The van der Waals surface area contributed by atoms with Crippen molar-refractivity contribution in [2.45, 2.75) is 162 Å². The number of imide groups is 1. The fourth-order valence-corrected chi connectivity index (χ4v) is 5.08. The van der Waals surface area contributed by atoms with Gasteiger partial charge in [-0.25, -0.2) is 19.2 Å². The molecular weight excluding hydrogens is 654 g/mol. The Morgan fingerprint density at radius 2 is 1.18 bits per heavy atom. The molecule has 14 heteroatoms. The van der Waals surface area contributed by atoms with E-state index in [4.69, 9.17) is 31.5 Å². The molecular formula is C37H65N7O7. The van der Waals surface area contributed by atoms with Crippen LogP contribution in [0.2, 0.25) is 0 Å². The second-order valence-corrected chi connectivity index (χ2v) is 15.8. The number of nitrogens with zero attached hydrogens (tertiary/aromatic N) is 2. The zero-order valence-electron chi connectivity index (χ0n) is 32.6. The molecule has 1 fully saturated rings. The Morgan fingerprint density at radius 1 is 0.725 bits per heavy atom. The molecule has 0 radical (unpaired) electrons. The molecule has 2 atom stereocenters. The molecule has 5 N–H and O–H groups in total. The van der Waals surface area contributed by atoms with Gasteiger partial charge in [0.05, 0.1) is 12.3 Å². The number of amides is 3. The molecule has 290 valence electrons. The van der Waals surface area contributed by atoms with Crippen LogP contribution in [-0.4, -0.2) is 101 Å².